The van der Waals surface area contributed by atoms with Gasteiger partial charge in [-0.3, -0.25) is 9.59 Å². The number of urea groups is 1. The average Bonchev–Trinajstić information content (AvgIpc) is 2.72. The fourth-order valence-electron chi connectivity index (χ4n) is 5.57. The highest BCUT2D eigenvalue weighted by Crippen LogP contribution is 2.67. The Hall–Kier alpha value is -1.79. The van der Waals surface area contributed by atoms with E-state index in [1.54, 1.807) is 0 Å². The number of rotatable bonds is 19. The van der Waals surface area contributed by atoms with Crippen LogP contribution in [0.25, 0.3) is 0 Å². The fourth-order valence-corrected chi connectivity index (χ4v) is 5.57. The molecule has 2 amide bonds. The van der Waals surface area contributed by atoms with Crippen molar-refractivity contribution in [2.24, 2.45) is 5.41 Å². The molecule has 0 aliphatic heterocycles. The van der Waals surface area contributed by atoms with Crippen molar-refractivity contribution in [2.75, 3.05) is 13.2 Å². The smallest absolute Gasteiger partial charge is 0.315 e. The molecule has 7 heteroatoms. The highest BCUT2D eigenvalue weighted by atomic mass is 16.6. The molecule has 208 valence electrons. The molecule has 0 aromatic rings. The van der Waals surface area contributed by atoms with Crippen LogP contribution in [-0.2, 0) is 19.1 Å². The molecule has 0 unspecified atom stereocenters. The van der Waals surface area contributed by atoms with E-state index in [1.165, 1.54) is 71.1 Å². The van der Waals surface area contributed by atoms with E-state index < -0.39 is 5.60 Å². The Kier molecular flexibility index (Phi) is 12.5. The Morgan fingerprint density at radius 2 is 1.17 bits per heavy atom. The summed E-state index contributed by atoms with van der Waals surface area (Å²) in [5.74, 6) is -0.288. The number of unbranched alkanes of at least 4 members (excludes halogenated alkanes) is 13. The van der Waals surface area contributed by atoms with Crippen LogP contribution in [-0.4, -0.2) is 42.3 Å². The van der Waals surface area contributed by atoms with Crippen molar-refractivity contribution in [3.8, 4) is 0 Å². The molecule has 0 aromatic carbocycles. The lowest BCUT2D eigenvalue weighted by Crippen LogP contribution is -2.78. The number of carbonyl (C=O) groups is 3. The van der Waals surface area contributed by atoms with Gasteiger partial charge in [0, 0.05) is 19.0 Å². The third-order valence-corrected chi connectivity index (χ3v) is 7.40. The Labute approximate surface area is 219 Å². The summed E-state index contributed by atoms with van der Waals surface area (Å²) in [6.07, 6.45) is 19.5. The molecular weight excluding hydrogens is 456 g/mol. The van der Waals surface area contributed by atoms with Gasteiger partial charge in [0.25, 0.3) is 0 Å². The highest BCUT2D eigenvalue weighted by Gasteiger charge is 2.73. The molecule has 3 rings (SSSR count). The van der Waals surface area contributed by atoms with Gasteiger partial charge in [-0.25, -0.2) is 4.79 Å². The third kappa shape index (κ3) is 11.1. The van der Waals surface area contributed by atoms with Gasteiger partial charge in [0.05, 0.1) is 12.0 Å². The molecule has 0 spiro atoms. The van der Waals surface area contributed by atoms with Crippen LogP contribution < -0.4 is 10.6 Å². The van der Waals surface area contributed by atoms with Crippen molar-refractivity contribution in [1.82, 2.24) is 10.6 Å². The summed E-state index contributed by atoms with van der Waals surface area (Å²) in [5, 5.41) is 6.07. The van der Waals surface area contributed by atoms with Crippen LogP contribution >= 0.6 is 0 Å². The van der Waals surface area contributed by atoms with E-state index in [4.69, 9.17) is 9.47 Å². The predicted molar refractivity (Wildman–Crippen MR) is 143 cm³/mol. The molecule has 0 radical (unpaired) electrons. The van der Waals surface area contributed by atoms with Crippen LogP contribution in [0.4, 0.5) is 4.79 Å². The van der Waals surface area contributed by atoms with Gasteiger partial charge in [-0.2, -0.15) is 0 Å². The van der Waals surface area contributed by atoms with Crippen molar-refractivity contribution in [2.45, 2.75) is 148 Å². The van der Waals surface area contributed by atoms with Crippen LogP contribution in [0.15, 0.2) is 0 Å². The molecule has 3 aliphatic rings. The lowest BCUT2D eigenvalue weighted by molar-refractivity contribution is -0.212. The molecule has 0 aromatic heterocycles. The van der Waals surface area contributed by atoms with Crippen LogP contribution in [0.2, 0.25) is 0 Å². The molecular formula is C29H52N2O5. The van der Waals surface area contributed by atoms with Crippen LogP contribution in [0.5, 0.6) is 0 Å². The van der Waals surface area contributed by atoms with E-state index in [0.29, 0.717) is 32.4 Å². The quantitative estimate of drug-likeness (QED) is 0.152. The maximum absolute atomic E-state index is 12.3. The number of hydrogen-bond donors (Lipinski definition) is 2. The fraction of sp³-hybridized carbons (Fsp3) is 0.897. The van der Waals surface area contributed by atoms with E-state index in [-0.39, 0.29) is 28.9 Å². The van der Waals surface area contributed by atoms with Gasteiger partial charge < -0.3 is 20.1 Å². The van der Waals surface area contributed by atoms with Crippen molar-refractivity contribution in [1.29, 1.82) is 0 Å². The standard InChI is InChI=1S/C29H52N2O5/c1-24(32)35-20-18-16-14-12-10-8-6-5-7-9-11-13-15-17-19-30-26(34)31-29-21-28(22-29,23-29)25(33)36-27(2,3)4/h5-23H2,1-4H3,(H2,30,31,34). The summed E-state index contributed by atoms with van der Waals surface area (Å²) in [6, 6.07) is -0.102. The van der Waals surface area contributed by atoms with Gasteiger partial charge in [-0.05, 0) is 52.9 Å². The molecule has 36 heavy (non-hydrogen) atoms. The van der Waals surface area contributed by atoms with Crippen molar-refractivity contribution in [3.63, 3.8) is 0 Å². The van der Waals surface area contributed by atoms with Crippen molar-refractivity contribution >= 4 is 18.0 Å². The molecule has 0 atom stereocenters. The van der Waals surface area contributed by atoms with Crippen LogP contribution in [0.1, 0.15) is 137 Å². The first-order chi connectivity index (χ1) is 17.1. The van der Waals surface area contributed by atoms with Gasteiger partial charge in [-0.15, -0.1) is 0 Å². The van der Waals surface area contributed by atoms with E-state index in [2.05, 4.69) is 10.6 Å². The third-order valence-electron chi connectivity index (χ3n) is 7.40. The summed E-state index contributed by atoms with van der Waals surface area (Å²) in [4.78, 5) is 35.2. The molecule has 3 fully saturated rings. The van der Waals surface area contributed by atoms with E-state index in [9.17, 15) is 14.4 Å². The monoisotopic (exact) mass is 508 g/mol. The zero-order chi connectivity index (χ0) is 26.5. The minimum Gasteiger partial charge on any atom is -0.466 e. The van der Waals surface area contributed by atoms with E-state index in [0.717, 1.165) is 25.7 Å². The van der Waals surface area contributed by atoms with Crippen LogP contribution in [0.3, 0.4) is 0 Å². The van der Waals surface area contributed by atoms with E-state index in [1.807, 2.05) is 20.8 Å². The largest absolute Gasteiger partial charge is 0.466 e. The molecule has 3 aliphatic carbocycles. The Morgan fingerprint density at radius 3 is 1.61 bits per heavy atom. The van der Waals surface area contributed by atoms with Gasteiger partial charge in [0.2, 0.25) is 0 Å². The number of nitrogens with one attached hydrogen (secondary N) is 2. The zero-order valence-corrected chi connectivity index (χ0v) is 23.5. The number of carbonyl (C=O) groups excluding carboxylic acids is 3. The Balaban J connectivity index is 1.30. The van der Waals surface area contributed by atoms with Gasteiger partial charge in [0.1, 0.15) is 5.60 Å². The summed E-state index contributed by atoms with van der Waals surface area (Å²) in [7, 11) is 0. The first-order valence-electron chi connectivity index (χ1n) is 14.5. The number of amides is 2. The Bertz CT molecular complexity index is 680. The molecule has 7 nitrogen and oxygen atoms in total. The summed E-state index contributed by atoms with van der Waals surface area (Å²) >= 11 is 0. The van der Waals surface area contributed by atoms with Crippen molar-refractivity contribution < 1.29 is 23.9 Å². The van der Waals surface area contributed by atoms with Crippen molar-refractivity contribution in [3.05, 3.63) is 0 Å². The highest BCUT2D eigenvalue weighted by molar-refractivity contribution is 5.84. The minimum absolute atomic E-state index is 0.102. The SMILES string of the molecule is CC(=O)OCCCCCCCCCCCCCCCCNC(=O)NC12CC(C(=O)OC(C)(C)C)(C1)C2. The van der Waals surface area contributed by atoms with Gasteiger partial charge >= 0.3 is 18.0 Å². The second-order valence-corrected chi connectivity index (χ2v) is 12.3. The minimum atomic E-state index is -0.458. The van der Waals surface area contributed by atoms with Gasteiger partial charge in [-0.1, -0.05) is 77.0 Å². The number of ether oxygens (including phenoxy) is 2. The molecule has 0 heterocycles. The maximum Gasteiger partial charge on any atom is 0.315 e. The molecule has 2 bridgehead atoms. The number of hydrogen-bond acceptors (Lipinski definition) is 5. The maximum atomic E-state index is 12.3. The first kappa shape index (κ1) is 30.4. The summed E-state index contributed by atoms with van der Waals surface area (Å²) in [6.45, 7) is 8.42. The van der Waals surface area contributed by atoms with Gasteiger partial charge in [0.15, 0.2) is 0 Å². The molecule has 2 N–H and O–H groups in total. The predicted octanol–water partition coefficient (Wildman–Crippen LogP) is 6.57. The topological polar surface area (TPSA) is 93.7 Å². The zero-order valence-electron chi connectivity index (χ0n) is 23.5. The molecule has 0 saturated heterocycles. The van der Waals surface area contributed by atoms with E-state index >= 15 is 0 Å². The summed E-state index contributed by atoms with van der Waals surface area (Å²) in [5.41, 5.74) is -0.997. The number of esters is 2. The second-order valence-electron chi connectivity index (χ2n) is 12.3. The van der Waals surface area contributed by atoms with Crippen LogP contribution in [0, 0.1) is 5.41 Å². The Morgan fingerprint density at radius 1 is 0.722 bits per heavy atom. The normalized spacial score (nSPS) is 22.2. The second kappa shape index (κ2) is 14.8. The average molecular weight is 509 g/mol. The first-order valence-corrected chi connectivity index (χ1v) is 14.5. The summed E-state index contributed by atoms with van der Waals surface area (Å²) < 4.78 is 10.5. The lowest BCUT2D eigenvalue weighted by atomic mass is 9.39. The molecule has 3 saturated carbocycles. The lowest BCUT2D eigenvalue weighted by Gasteiger charge is -2.68.